The van der Waals surface area contributed by atoms with Crippen LogP contribution < -0.4 is 4.90 Å². The van der Waals surface area contributed by atoms with Crippen molar-refractivity contribution in [3.63, 3.8) is 0 Å². The lowest BCUT2D eigenvalue weighted by Crippen LogP contribution is -2.32. The van der Waals surface area contributed by atoms with Crippen molar-refractivity contribution >= 4 is 107 Å². The van der Waals surface area contributed by atoms with Gasteiger partial charge in [-0.1, -0.05) is 12.1 Å². The van der Waals surface area contributed by atoms with Crippen LogP contribution in [-0.2, 0) is 104 Å². The molecule has 83 heavy (non-hydrogen) atoms. The molecular formula is C51H57N3O24S5-4. The molecule has 0 aliphatic carbocycles. The smallest absolute Gasteiger partial charge is 0.335 e. The topological polar surface area (TPSA) is 402 Å². The number of hydrogen-bond acceptors (Lipinski definition) is 25. The van der Waals surface area contributed by atoms with Crippen LogP contribution in [0.3, 0.4) is 0 Å². The number of benzene rings is 4. The first-order valence-corrected chi connectivity index (χ1v) is 32.6. The number of methoxy groups -OCH3 is 1. The van der Waals surface area contributed by atoms with Crippen LogP contribution in [0, 0.1) is 0 Å². The summed E-state index contributed by atoms with van der Waals surface area (Å²) in [6, 6.07) is 8.42. The average molecular weight is 1260 g/mol. The number of hydroxylamine groups is 2. The molecule has 0 spiro atoms. The first-order valence-electron chi connectivity index (χ1n) is 25.4. The molecule has 1 saturated heterocycles. The minimum Gasteiger partial charge on any atom is -0.748 e. The van der Waals surface area contributed by atoms with Crippen LogP contribution in [0.25, 0.3) is 21.5 Å². The second-order valence-corrected chi connectivity index (χ2v) is 26.9. The van der Waals surface area contributed by atoms with Gasteiger partial charge in [-0.2, -0.15) is 4.58 Å². The Kier molecular flexibility index (Phi) is 19.9. The molecule has 0 bridgehead atoms. The summed E-state index contributed by atoms with van der Waals surface area (Å²) < 4.78 is 217. The number of rotatable bonds is 29. The number of nitrogens with zero attached hydrogens (tertiary/aromatic N) is 3. The summed E-state index contributed by atoms with van der Waals surface area (Å²) >= 11 is 0. The molecule has 2 amide bonds. The van der Waals surface area contributed by atoms with Crippen LogP contribution in [0.2, 0.25) is 0 Å². The molecule has 1 unspecified atom stereocenters. The van der Waals surface area contributed by atoms with E-state index in [1.165, 1.54) is 31.4 Å². The Morgan fingerprint density at radius 1 is 0.639 bits per heavy atom. The molecule has 3 aliphatic rings. The molecule has 3 aliphatic heterocycles. The van der Waals surface area contributed by atoms with Gasteiger partial charge in [0.1, 0.15) is 47.1 Å². The molecule has 1 fully saturated rings. The molecule has 27 nitrogen and oxygen atoms in total. The van der Waals surface area contributed by atoms with E-state index in [4.69, 9.17) is 28.5 Å². The number of amides is 2. The quantitative estimate of drug-likeness (QED) is 0.0325. The number of allylic oxidation sites excluding steroid dienone is 4. The van der Waals surface area contributed by atoms with Gasteiger partial charge in [0.2, 0.25) is 5.69 Å². The van der Waals surface area contributed by atoms with Crippen LogP contribution in [0.4, 0.5) is 11.4 Å². The zero-order valence-electron chi connectivity index (χ0n) is 45.1. The summed E-state index contributed by atoms with van der Waals surface area (Å²) in [5.41, 5.74) is -0.695. The second kappa shape index (κ2) is 25.5. The molecule has 454 valence electrons. The van der Waals surface area contributed by atoms with Crippen LogP contribution in [-0.4, -0.2) is 183 Å². The van der Waals surface area contributed by atoms with E-state index in [-0.39, 0.29) is 132 Å². The number of carbonyl (C=O) groups excluding carboxylic acids is 3. The van der Waals surface area contributed by atoms with E-state index < -0.39 is 105 Å². The van der Waals surface area contributed by atoms with E-state index in [0.717, 1.165) is 12.1 Å². The highest BCUT2D eigenvalue weighted by Gasteiger charge is 2.47. The van der Waals surface area contributed by atoms with Gasteiger partial charge in [0.05, 0.1) is 94.4 Å². The SMILES string of the molecule is COCCN1C(=CC=CC2=[N+](CCOCCOCCOCCOCCC(=O)ON3C(=O)CCC3=O)c3ccc4c(S(=O)(=O)[O-])cc(S(=O)(=O)[O-])cc4c3C2(C)C)C(C)(CCCS(=O)(=O)[O-])c2c1ccc1c(S(=O)(=O)[O-])cc(S(=O)(=O)[O-])cc21. The van der Waals surface area contributed by atoms with Crippen LogP contribution in [0.1, 0.15) is 64.0 Å². The first-order chi connectivity index (χ1) is 38.7. The lowest BCUT2D eigenvalue weighted by molar-refractivity contribution is -0.442. The van der Waals surface area contributed by atoms with Crippen LogP contribution in [0.5, 0.6) is 0 Å². The van der Waals surface area contributed by atoms with E-state index >= 15 is 0 Å². The number of fused-ring (bicyclic) bond motifs is 6. The van der Waals surface area contributed by atoms with Gasteiger partial charge in [-0.05, 0) is 97.8 Å². The fourth-order valence-electron chi connectivity index (χ4n) is 10.5. The van der Waals surface area contributed by atoms with Gasteiger partial charge in [-0.25, -0.2) is 46.9 Å². The highest BCUT2D eigenvalue weighted by Crippen LogP contribution is 2.54. The molecule has 32 heteroatoms. The third-order valence-electron chi connectivity index (χ3n) is 14.1. The maximum Gasteiger partial charge on any atom is 0.335 e. The van der Waals surface area contributed by atoms with Crippen molar-refractivity contribution in [1.29, 1.82) is 0 Å². The zero-order valence-corrected chi connectivity index (χ0v) is 49.1. The largest absolute Gasteiger partial charge is 0.748 e. The van der Waals surface area contributed by atoms with E-state index in [0.29, 0.717) is 45.5 Å². The molecule has 0 aromatic heterocycles. The monoisotopic (exact) mass is 1260 g/mol. The standard InChI is InChI=1S/C51H61N3O24S5/c1-50(2)43(7-5-8-44-51(3,16-6-28-79(58,59)60)49-38-30-34(81(64,65)66)32-42(83(70,71)72)36(38)10-12-40(49)53(44)17-20-73-4)52(39-11-9-35-37(48(39)50)29-33(80(61,62)63)31-41(35)82(67,68)69)18-21-75-23-25-77-27-26-76-24-22-74-19-15-47(57)78-54-45(55)13-14-46(54)56/h5,7-12,29-32H,6,13-28H2,1-4H3,(H4-,58,59,60,61,62,63,64,65,66,67,68,69,70,71,72)/p-4. The van der Waals surface area contributed by atoms with Crippen molar-refractivity contribution in [2.45, 2.75) is 83.3 Å². The molecule has 4 aromatic rings. The van der Waals surface area contributed by atoms with Crippen molar-refractivity contribution in [2.24, 2.45) is 0 Å². The molecular weight excluding hydrogens is 1200 g/mol. The van der Waals surface area contributed by atoms with Gasteiger partial charge < -0.3 is 56.2 Å². The Labute approximate surface area is 479 Å². The Hall–Kier alpha value is -5.69. The predicted molar refractivity (Wildman–Crippen MR) is 285 cm³/mol. The number of ether oxygens (including phenoxy) is 5. The van der Waals surface area contributed by atoms with E-state index in [1.54, 1.807) is 48.5 Å². The zero-order chi connectivity index (χ0) is 61.1. The molecule has 0 radical (unpaired) electrons. The third-order valence-corrected chi connectivity index (χ3v) is 18.3. The molecule has 4 aromatic carbocycles. The Bertz CT molecular complexity index is 3900. The average Bonchev–Trinajstić information content (AvgIpc) is 3.88. The Morgan fingerprint density at radius 2 is 1.14 bits per heavy atom. The number of imide groups is 1. The molecule has 7 rings (SSSR count). The maximum absolute atomic E-state index is 12.7. The van der Waals surface area contributed by atoms with Gasteiger partial charge in [0, 0.05) is 72.1 Å². The van der Waals surface area contributed by atoms with Crippen molar-refractivity contribution < 1.29 is 112 Å². The lowest BCUT2D eigenvalue weighted by Gasteiger charge is -2.31. The molecule has 0 saturated carbocycles. The summed E-state index contributed by atoms with van der Waals surface area (Å²) in [5.74, 6) is -2.86. The highest BCUT2D eigenvalue weighted by atomic mass is 32.2. The van der Waals surface area contributed by atoms with E-state index in [2.05, 4.69) is 0 Å². The van der Waals surface area contributed by atoms with Crippen molar-refractivity contribution in [1.82, 2.24) is 5.06 Å². The fourth-order valence-corrected chi connectivity index (χ4v) is 13.6. The summed E-state index contributed by atoms with van der Waals surface area (Å²) in [6.45, 7) is 5.93. The van der Waals surface area contributed by atoms with Crippen LogP contribution >= 0.6 is 0 Å². The second-order valence-electron chi connectivity index (χ2n) is 19.9. The minimum absolute atomic E-state index is 0.00650. The molecule has 3 heterocycles. The minimum atomic E-state index is -5.44. The number of hydrogen-bond donors (Lipinski definition) is 0. The van der Waals surface area contributed by atoms with Gasteiger partial charge in [0.15, 0.2) is 12.3 Å². The third kappa shape index (κ3) is 14.9. The van der Waals surface area contributed by atoms with Crippen molar-refractivity contribution in [2.75, 3.05) is 90.3 Å². The van der Waals surface area contributed by atoms with E-state index in [9.17, 15) is 79.2 Å². The summed E-state index contributed by atoms with van der Waals surface area (Å²) in [6.07, 6.45) is 4.11. The van der Waals surface area contributed by atoms with Gasteiger partial charge in [0.25, 0.3) is 11.8 Å². The highest BCUT2D eigenvalue weighted by molar-refractivity contribution is 7.87. The van der Waals surface area contributed by atoms with Gasteiger partial charge in [-0.3, -0.25) is 9.59 Å². The summed E-state index contributed by atoms with van der Waals surface area (Å²) in [5, 5.41) is -0.173. The normalized spacial score (nSPS) is 18.2. The first kappa shape index (κ1) is 64.9. The predicted octanol–water partition coefficient (Wildman–Crippen LogP) is 2.24. The van der Waals surface area contributed by atoms with E-state index in [1.807, 2.05) is 0 Å². The van der Waals surface area contributed by atoms with Crippen molar-refractivity contribution in [3.8, 4) is 0 Å². The van der Waals surface area contributed by atoms with Gasteiger partial charge in [-0.15, -0.1) is 5.06 Å². The fraction of sp³-hybridized carbons (Fsp3) is 0.451. The number of carbonyl (C=O) groups is 3. The van der Waals surface area contributed by atoms with Crippen LogP contribution in [0.15, 0.2) is 92.0 Å². The Morgan fingerprint density at radius 3 is 1.65 bits per heavy atom. The lowest BCUT2D eigenvalue weighted by atomic mass is 9.75. The van der Waals surface area contributed by atoms with Crippen molar-refractivity contribution in [3.05, 3.63) is 83.6 Å². The molecule has 1 atom stereocenters. The summed E-state index contributed by atoms with van der Waals surface area (Å²) in [4.78, 5) is 37.7. The summed E-state index contributed by atoms with van der Waals surface area (Å²) in [7, 11) is -25.0. The maximum atomic E-state index is 12.7. The number of anilines is 1. The Balaban J connectivity index is 1.18. The van der Waals surface area contributed by atoms with Gasteiger partial charge >= 0.3 is 5.97 Å². The molecule has 0 N–H and O–H groups in total.